The van der Waals surface area contributed by atoms with Crippen LogP contribution in [0.3, 0.4) is 0 Å². The van der Waals surface area contributed by atoms with Crippen molar-refractivity contribution < 1.29 is 14.0 Å². The largest absolute Gasteiger partial charge is 0.461 e. The summed E-state index contributed by atoms with van der Waals surface area (Å²) in [6, 6.07) is 14.0. The highest BCUT2D eigenvalue weighted by molar-refractivity contribution is 6.31. The third kappa shape index (κ3) is 6.34. The smallest absolute Gasteiger partial charge is 0.247 e. The summed E-state index contributed by atoms with van der Waals surface area (Å²) in [4.78, 5) is 31.9. The zero-order valence-corrected chi connectivity index (χ0v) is 20.6. The van der Waals surface area contributed by atoms with Gasteiger partial charge in [-0.1, -0.05) is 29.8 Å². The molecule has 10 heteroatoms. The molecular formula is C26H27ClN6O3. The van der Waals surface area contributed by atoms with Crippen LogP contribution in [0.1, 0.15) is 30.6 Å². The molecule has 1 fully saturated rings. The zero-order chi connectivity index (χ0) is 25.5. The number of aryl methyl sites for hydroxylation is 1. The third-order valence-corrected chi connectivity index (χ3v) is 6.25. The minimum Gasteiger partial charge on any atom is -0.461 e. The Bertz CT molecular complexity index is 1330. The van der Waals surface area contributed by atoms with Crippen LogP contribution in [0.25, 0.3) is 11.0 Å². The summed E-state index contributed by atoms with van der Waals surface area (Å²) < 4.78 is 5.60. The summed E-state index contributed by atoms with van der Waals surface area (Å²) in [5.74, 6) is 0.442. The Hall–Kier alpha value is -4.03. The molecule has 0 spiro atoms. The molecule has 1 aliphatic heterocycles. The highest BCUT2D eigenvalue weighted by Gasteiger charge is 2.28. The second-order valence-electron chi connectivity index (χ2n) is 8.59. The molecule has 0 aliphatic carbocycles. The van der Waals surface area contributed by atoms with E-state index in [2.05, 4.69) is 20.9 Å². The lowest BCUT2D eigenvalue weighted by molar-refractivity contribution is -0.136. The fourth-order valence-corrected chi connectivity index (χ4v) is 4.32. The van der Waals surface area contributed by atoms with Crippen molar-refractivity contribution in [3.63, 3.8) is 0 Å². The highest BCUT2D eigenvalue weighted by atomic mass is 35.5. The molecule has 3 N–H and O–H groups in total. The van der Waals surface area contributed by atoms with Crippen LogP contribution in [-0.2, 0) is 16.1 Å². The number of carbonyl (C=O) groups is 2. The van der Waals surface area contributed by atoms with E-state index < -0.39 is 6.04 Å². The molecule has 9 nitrogen and oxygen atoms in total. The summed E-state index contributed by atoms with van der Waals surface area (Å²) in [6.45, 7) is 2.55. The maximum absolute atomic E-state index is 13.2. The lowest BCUT2D eigenvalue weighted by atomic mass is 10.1. The minimum atomic E-state index is -0.716. The van der Waals surface area contributed by atoms with E-state index in [1.807, 2.05) is 55.6 Å². The van der Waals surface area contributed by atoms with Crippen LogP contribution in [0.5, 0.6) is 0 Å². The Labute approximate surface area is 214 Å². The van der Waals surface area contributed by atoms with Gasteiger partial charge in [0.1, 0.15) is 17.4 Å². The van der Waals surface area contributed by atoms with Crippen molar-refractivity contribution in [3.05, 3.63) is 64.9 Å². The number of halogens is 1. The Morgan fingerprint density at radius 1 is 1.25 bits per heavy atom. The number of nitriles is 1. The number of guanidine groups is 1. The number of carbonyl (C=O) groups excluding carboxylic acids is 2. The molecule has 1 atom stereocenters. The van der Waals surface area contributed by atoms with Crippen LogP contribution >= 0.6 is 11.6 Å². The summed E-state index contributed by atoms with van der Waals surface area (Å²) in [5.41, 5.74) is 2.26. The van der Waals surface area contributed by atoms with Gasteiger partial charge < -0.3 is 20.0 Å². The molecule has 1 aromatic heterocycles. The van der Waals surface area contributed by atoms with Crippen LogP contribution in [0.4, 0.5) is 5.69 Å². The fraction of sp³-hybridized carbons (Fsp3) is 0.308. The average molecular weight is 507 g/mol. The predicted molar refractivity (Wildman–Crippen MR) is 138 cm³/mol. The summed E-state index contributed by atoms with van der Waals surface area (Å²) in [7, 11) is 0. The molecule has 0 radical (unpaired) electrons. The van der Waals surface area contributed by atoms with E-state index in [0.29, 0.717) is 23.7 Å². The van der Waals surface area contributed by atoms with Gasteiger partial charge in [-0.25, -0.2) is 4.99 Å². The van der Waals surface area contributed by atoms with Gasteiger partial charge in [-0.3, -0.25) is 14.9 Å². The molecular weight excluding hydrogens is 480 g/mol. The van der Waals surface area contributed by atoms with Crippen LogP contribution in [-0.4, -0.2) is 41.8 Å². The van der Waals surface area contributed by atoms with Crippen LogP contribution in [0.15, 0.2) is 57.9 Å². The molecule has 2 amide bonds. The number of likely N-dealkylation sites (tertiary alicyclic amines) is 1. The first-order valence-corrected chi connectivity index (χ1v) is 12.1. The van der Waals surface area contributed by atoms with Crippen molar-refractivity contribution >= 4 is 46.0 Å². The second kappa shape index (κ2) is 11.6. The molecule has 1 aliphatic rings. The Kier molecular flexibility index (Phi) is 8.08. The first kappa shape index (κ1) is 25.1. The molecule has 2 aromatic carbocycles. The maximum Gasteiger partial charge on any atom is 0.247 e. The number of hydrogen-bond donors (Lipinski definition) is 3. The van der Waals surface area contributed by atoms with E-state index in [0.717, 1.165) is 35.1 Å². The number of amides is 2. The van der Waals surface area contributed by atoms with E-state index in [-0.39, 0.29) is 30.9 Å². The molecule has 36 heavy (non-hydrogen) atoms. The second-order valence-corrected chi connectivity index (χ2v) is 9.00. The lowest BCUT2D eigenvalue weighted by Crippen LogP contribution is -2.44. The minimum absolute atomic E-state index is 0.0692. The Balaban J connectivity index is 1.43. The number of hydrogen-bond acceptors (Lipinski definition) is 5. The molecule has 0 unspecified atom stereocenters. The van der Waals surface area contributed by atoms with E-state index in [1.54, 1.807) is 6.07 Å². The van der Waals surface area contributed by atoms with Crippen molar-refractivity contribution in [1.82, 2.24) is 15.5 Å². The van der Waals surface area contributed by atoms with Gasteiger partial charge in [-0.2, -0.15) is 5.26 Å². The Morgan fingerprint density at radius 3 is 2.89 bits per heavy atom. The molecule has 1 saturated heterocycles. The highest BCUT2D eigenvalue weighted by Crippen LogP contribution is 2.23. The number of nitrogens with one attached hydrogen (secondary N) is 3. The summed E-state index contributed by atoms with van der Waals surface area (Å²) >= 11 is 6.16. The molecule has 186 valence electrons. The number of anilines is 1. The summed E-state index contributed by atoms with van der Waals surface area (Å²) in [5, 5.41) is 19.2. The first-order valence-electron chi connectivity index (χ1n) is 11.7. The van der Waals surface area contributed by atoms with Gasteiger partial charge in [-0.05, 0) is 62.1 Å². The van der Waals surface area contributed by atoms with Gasteiger partial charge >= 0.3 is 0 Å². The first-order chi connectivity index (χ1) is 17.4. The SMILES string of the molecule is Cc1cc2cc(NC(=N[C@H]3CCCCN(CC(=O)NCc4ccccc4Cl)C3=O)NC#N)ccc2o1. The number of benzene rings is 2. The number of fused-ring (bicyclic) bond motifs is 1. The lowest BCUT2D eigenvalue weighted by Gasteiger charge is -2.22. The van der Waals surface area contributed by atoms with E-state index in [9.17, 15) is 14.9 Å². The number of furan rings is 1. The molecule has 0 saturated carbocycles. The van der Waals surface area contributed by atoms with Crippen molar-refractivity contribution in [2.24, 2.45) is 4.99 Å². The quantitative estimate of drug-likeness (QED) is 0.201. The Morgan fingerprint density at radius 2 is 2.08 bits per heavy atom. The van der Waals surface area contributed by atoms with E-state index in [4.69, 9.17) is 16.0 Å². The fourth-order valence-electron chi connectivity index (χ4n) is 4.12. The van der Waals surface area contributed by atoms with Gasteiger partial charge in [0.05, 0.1) is 6.54 Å². The standard InChI is InChI=1S/C26H27ClN6O3/c1-17-12-19-13-20(9-10-23(19)36-17)31-26(30-16-28)32-22-8-4-5-11-33(25(22)35)15-24(34)29-14-18-6-2-3-7-21(18)27/h2-3,6-7,9-10,12-13,22H,4-5,8,11,14-15H2,1H3,(H,29,34)(H2,30,31,32)/t22-/m0/s1. The zero-order valence-electron chi connectivity index (χ0n) is 19.9. The topological polar surface area (TPSA) is 123 Å². The van der Waals surface area contributed by atoms with E-state index >= 15 is 0 Å². The van der Waals surface area contributed by atoms with Crippen molar-refractivity contribution in [1.29, 1.82) is 5.26 Å². The third-order valence-electron chi connectivity index (χ3n) is 5.88. The van der Waals surface area contributed by atoms with Crippen molar-refractivity contribution in [2.75, 3.05) is 18.4 Å². The van der Waals surface area contributed by atoms with Crippen LogP contribution < -0.4 is 16.0 Å². The van der Waals surface area contributed by atoms with Gasteiger partial charge in [0.25, 0.3) is 0 Å². The van der Waals surface area contributed by atoms with Gasteiger partial charge in [0.2, 0.25) is 17.8 Å². The number of nitrogens with zero attached hydrogens (tertiary/aromatic N) is 3. The van der Waals surface area contributed by atoms with Gasteiger partial charge in [0.15, 0.2) is 6.19 Å². The number of aliphatic imine (C=N–C) groups is 1. The molecule has 4 rings (SSSR count). The van der Waals surface area contributed by atoms with Crippen molar-refractivity contribution in [2.45, 2.75) is 38.8 Å². The predicted octanol–water partition coefficient (Wildman–Crippen LogP) is 3.93. The normalized spacial score (nSPS) is 16.4. The van der Waals surface area contributed by atoms with Gasteiger partial charge in [-0.15, -0.1) is 0 Å². The maximum atomic E-state index is 13.2. The summed E-state index contributed by atoms with van der Waals surface area (Å²) in [6.07, 6.45) is 3.93. The average Bonchev–Trinajstić information content (AvgIpc) is 3.14. The number of rotatable bonds is 6. The molecule has 2 heterocycles. The van der Waals surface area contributed by atoms with Crippen LogP contribution in [0.2, 0.25) is 5.02 Å². The monoisotopic (exact) mass is 506 g/mol. The molecule has 3 aromatic rings. The molecule has 0 bridgehead atoms. The van der Waals surface area contributed by atoms with Crippen molar-refractivity contribution in [3.8, 4) is 6.19 Å². The van der Waals surface area contributed by atoms with E-state index in [1.165, 1.54) is 4.90 Å². The van der Waals surface area contributed by atoms with Gasteiger partial charge in [0, 0.05) is 29.2 Å². The van der Waals surface area contributed by atoms with Crippen LogP contribution in [0, 0.1) is 18.4 Å².